The van der Waals surface area contributed by atoms with Crippen molar-refractivity contribution in [3.05, 3.63) is 64.7 Å². The van der Waals surface area contributed by atoms with Crippen LogP contribution in [0.3, 0.4) is 0 Å². The highest BCUT2D eigenvalue weighted by atomic mass is 35.5. The van der Waals surface area contributed by atoms with Crippen LogP contribution in [0.15, 0.2) is 53.4 Å². The van der Waals surface area contributed by atoms with Crippen LogP contribution in [0.4, 0.5) is 0 Å². The second-order valence-electron chi connectivity index (χ2n) is 4.77. The van der Waals surface area contributed by atoms with Gasteiger partial charge >= 0.3 is 5.97 Å². The van der Waals surface area contributed by atoms with Gasteiger partial charge in [-0.2, -0.15) is 0 Å². The van der Waals surface area contributed by atoms with Crippen LogP contribution in [0, 0.1) is 6.92 Å². The topological polar surface area (TPSA) is 26.3 Å². The number of carbonyl (C=O) groups is 1. The Labute approximate surface area is 134 Å². The Morgan fingerprint density at radius 2 is 1.76 bits per heavy atom. The highest BCUT2D eigenvalue weighted by molar-refractivity contribution is 7.99. The second kappa shape index (κ2) is 7.53. The Morgan fingerprint density at radius 3 is 2.33 bits per heavy atom. The number of hydrogen-bond acceptors (Lipinski definition) is 3. The van der Waals surface area contributed by atoms with Gasteiger partial charge in [0.2, 0.25) is 0 Å². The summed E-state index contributed by atoms with van der Waals surface area (Å²) in [4.78, 5) is 12.5. The van der Waals surface area contributed by atoms with Gasteiger partial charge in [0.25, 0.3) is 0 Å². The molecule has 0 saturated heterocycles. The van der Waals surface area contributed by atoms with E-state index in [1.54, 1.807) is 11.8 Å². The maximum Gasteiger partial charge on any atom is 0.303 e. The molecule has 2 rings (SSSR count). The van der Waals surface area contributed by atoms with E-state index in [0.29, 0.717) is 10.8 Å². The molecule has 2 aromatic carbocycles. The monoisotopic (exact) mass is 320 g/mol. The van der Waals surface area contributed by atoms with E-state index in [4.69, 9.17) is 16.3 Å². The number of rotatable bonds is 5. The molecule has 0 amide bonds. The van der Waals surface area contributed by atoms with Gasteiger partial charge in [0.05, 0.1) is 0 Å². The fourth-order valence-electron chi connectivity index (χ4n) is 1.88. The maximum atomic E-state index is 11.3. The standard InChI is InChI=1S/C17H17ClO2S/c1-12-3-9-16(10-4-12)21-11-17(20-13(2)19)14-5-7-15(18)8-6-14/h3-10,17H,11H2,1-2H3. The third-order valence-electron chi connectivity index (χ3n) is 2.97. The first-order valence-corrected chi connectivity index (χ1v) is 8.03. The van der Waals surface area contributed by atoms with Crippen molar-refractivity contribution >= 4 is 29.3 Å². The first-order chi connectivity index (χ1) is 10.0. The minimum Gasteiger partial charge on any atom is -0.457 e. The molecule has 0 fully saturated rings. The summed E-state index contributed by atoms with van der Waals surface area (Å²) in [6.07, 6.45) is -0.272. The molecule has 0 spiro atoms. The quantitative estimate of drug-likeness (QED) is 0.570. The van der Waals surface area contributed by atoms with Crippen molar-refractivity contribution < 1.29 is 9.53 Å². The molecular formula is C17H17ClO2S. The Hall–Kier alpha value is -1.45. The van der Waals surface area contributed by atoms with Crippen molar-refractivity contribution in [2.45, 2.75) is 24.8 Å². The number of ether oxygens (including phenoxy) is 1. The fourth-order valence-corrected chi connectivity index (χ4v) is 2.94. The van der Waals surface area contributed by atoms with Crippen LogP contribution < -0.4 is 0 Å². The van der Waals surface area contributed by atoms with Gasteiger partial charge in [-0.25, -0.2) is 0 Å². The van der Waals surface area contributed by atoms with Gasteiger partial charge in [-0.05, 0) is 36.8 Å². The summed E-state index contributed by atoms with van der Waals surface area (Å²) in [5, 5.41) is 0.673. The molecule has 21 heavy (non-hydrogen) atoms. The number of thioether (sulfide) groups is 1. The molecule has 0 radical (unpaired) electrons. The molecule has 1 unspecified atom stereocenters. The third-order valence-corrected chi connectivity index (χ3v) is 4.30. The maximum absolute atomic E-state index is 11.3. The largest absolute Gasteiger partial charge is 0.457 e. The first kappa shape index (κ1) is 15.9. The summed E-state index contributed by atoms with van der Waals surface area (Å²) in [7, 11) is 0. The molecule has 4 heteroatoms. The molecule has 0 aliphatic rings. The molecule has 0 bridgehead atoms. The van der Waals surface area contributed by atoms with Crippen molar-refractivity contribution in [2.24, 2.45) is 0 Å². The average molecular weight is 321 g/mol. The number of hydrogen-bond donors (Lipinski definition) is 0. The van der Waals surface area contributed by atoms with Crippen LogP contribution in [0.25, 0.3) is 0 Å². The number of aryl methyl sites for hydroxylation is 1. The van der Waals surface area contributed by atoms with Gasteiger partial charge < -0.3 is 4.74 Å². The average Bonchev–Trinajstić information content (AvgIpc) is 2.46. The van der Waals surface area contributed by atoms with Gasteiger partial charge in [-0.1, -0.05) is 41.4 Å². The van der Waals surface area contributed by atoms with E-state index in [1.807, 2.05) is 24.3 Å². The van der Waals surface area contributed by atoms with Crippen molar-refractivity contribution in [1.82, 2.24) is 0 Å². The van der Waals surface area contributed by atoms with Crippen LogP contribution in [0.1, 0.15) is 24.2 Å². The zero-order valence-electron chi connectivity index (χ0n) is 12.0. The second-order valence-corrected chi connectivity index (χ2v) is 6.30. The molecule has 0 N–H and O–H groups in total. The summed E-state index contributed by atoms with van der Waals surface area (Å²) in [6.45, 7) is 3.49. The van der Waals surface area contributed by atoms with E-state index < -0.39 is 0 Å². The number of esters is 1. The fraction of sp³-hybridized carbons (Fsp3) is 0.235. The zero-order valence-corrected chi connectivity index (χ0v) is 13.6. The summed E-state index contributed by atoms with van der Waals surface area (Å²) in [5.41, 5.74) is 2.18. The number of carbonyl (C=O) groups excluding carboxylic acids is 1. The minimum absolute atomic E-state index is 0.272. The van der Waals surface area contributed by atoms with E-state index in [0.717, 1.165) is 10.5 Å². The zero-order chi connectivity index (χ0) is 15.2. The van der Waals surface area contributed by atoms with E-state index >= 15 is 0 Å². The molecule has 0 heterocycles. The smallest absolute Gasteiger partial charge is 0.303 e. The molecule has 0 aliphatic heterocycles. The lowest BCUT2D eigenvalue weighted by Gasteiger charge is -2.17. The summed E-state index contributed by atoms with van der Waals surface area (Å²) >= 11 is 7.56. The van der Waals surface area contributed by atoms with E-state index in [2.05, 4.69) is 31.2 Å². The lowest BCUT2D eigenvalue weighted by Crippen LogP contribution is -2.11. The summed E-state index contributed by atoms with van der Waals surface area (Å²) in [6, 6.07) is 15.7. The van der Waals surface area contributed by atoms with Crippen LogP contribution in [0.2, 0.25) is 5.02 Å². The van der Waals surface area contributed by atoms with Crippen molar-refractivity contribution in [2.75, 3.05) is 5.75 Å². The van der Waals surface area contributed by atoms with E-state index in [9.17, 15) is 4.79 Å². The summed E-state index contributed by atoms with van der Waals surface area (Å²) < 4.78 is 5.42. The molecule has 2 aromatic rings. The Balaban J connectivity index is 2.07. The molecule has 110 valence electrons. The van der Waals surface area contributed by atoms with Gasteiger partial charge in [0.15, 0.2) is 0 Å². The van der Waals surface area contributed by atoms with Gasteiger partial charge in [-0.3, -0.25) is 4.79 Å². The predicted molar refractivity (Wildman–Crippen MR) is 87.9 cm³/mol. The van der Waals surface area contributed by atoms with E-state index in [1.165, 1.54) is 12.5 Å². The molecule has 0 aromatic heterocycles. The Morgan fingerprint density at radius 1 is 1.14 bits per heavy atom. The first-order valence-electron chi connectivity index (χ1n) is 6.67. The molecule has 0 aliphatic carbocycles. The van der Waals surface area contributed by atoms with Crippen LogP contribution in [0.5, 0.6) is 0 Å². The van der Waals surface area contributed by atoms with E-state index in [-0.39, 0.29) is 12.1 Å². The Kier molecular flexibility index (Phi) is 5.71. The molecular weight excluding hydrogens is 304 g/mol. The molecule has 2 nitrogen and oxygen atoms in total. The number of halogens is 1. The van der Waals surface area contributed by atoms with Gasteiger partial charge in [0, 0.05) is 22.6 Å². The van der Waals surface area contributed by atoms with Gasteiger partial charge in [-0.15, -0.1) is 11.8 Å². The minimum atomic E-state index is -0.278. The van der Waals surface area contributed by atoms with Crippen molar-refractivity contribution in [3.8, 4) is 0 Å². The molecule has 1 atom stereocenters. The van der Waals surface area contributed by atoms with Crippen LogP contribution >= 0.6 is 23.4 Å². The lowest BCUT2D eigenvalue weighted by atomic mass is 10.1. The Bertz CT molecular complexity index is 593. The van der Waals surface area contributed by atoms with Crippen molar-refractivity contribution in [3.63, 3.8) is 0 Å². The van der Waals surface area contributed by atoms with Crippen LogP contribution in [-0.4, -0.2) is 11.7 Å². The van der Waals surface area contributed by atoms with Gasteiger partial charge in [0.1, 0.15) is 6.10 Å². The highest BCUT2D eigenvalue weighted by Gasteiger charge is 2.15. The van der Waals surface area contributed by atoms with Crippen LogP contribution in [-0.2, 0) is 9.53 Å². The molecule has 0 saturated carbocycles. The lowest BCUT2D eigenvalue weighted by molar-refractivity contribution is -0.145. The SMILES string of the molecule is CC(=O)OC(CSc1ccc(C)cc1)c1ccc(Cl)cc1. The highest BCUT2D eigenvalue weighted by Crippen LogP contribution is 2.28. The normalized spacial score (nSPS) is 12.0. The third kappa shape index (κ3) is 5.10. The van der Waals surface area contributed by atoms with Crippen molar-refractivity contribution in [1.29, 1.82) is 0 Å². The predicted octanol–water partition coefficient (Wildman–Crippen LogP) is 5.04. The summed E-state index contributed by atoms with van der Waals surface area (Å²) in [5.74, 6) is 0.393. The number of benzene rings is 2.